The lowest BCUT2D eigenvalue weighted by Gasteiger charge is -2.38. The van der Waals surface area contributed by atoms with Crippen LogP contribution in [0.2, 0.25) is 0 Å². The van der Waals surface area contributed by atoms with E-state index in [4.69, 9.17) is 4.74 Å². The minimum atomic E-state index is -0.418. The minimum absolute atomic E-state index is 0. The molecule has 3 rings (SSSR count). The molecule has 8 heteroatoms. The van der Waals surface area contributed by atoms with Gasteiger partial charge in [0.05, 0.1) is 6.10 Å². The van der Waals surface area contributed by atoms with E-state index < -0.39 is 6.10 Å². The van der Waals surface area contributed by atoms with Crippen molar-refractivity contribution in [3.63, 3.8) is 0 Å². The van der Waals surface area contributed by atoms with Crippen LogP contribution >= 0.6 is 12.4 Å². The monoisotopic (exact) mass is 425 g/mol. The van der Waals surface area contributed by atoms with Crippen LogP contribution in [-0.4, -0.2) is 66.2 Å². The molecule has 0 radical (unpaired) electrons. The van der Waals surface area contributed by atoms with Gasteiger partial charge in [-0.3, -0.25) is 9.59 Å². The number of likely N-dealkylation sites (tertiary alicyclic amines) is 1. The van der Waals surface area contributed by atoms with E-state index in [1.165, 1.54) is 0 Å². The molecule has 4 unspecified atom stereocenters. The molecule has 2 amide bonds. The lowest BCUT2D eigenvalue weighted by atomic mass is 9.97. The van der Waals surface area contributed by atoms with Gasteiger partial charge in [0, 0.05) is 43.2 Å². The Morgan fingerprint density at radius 2 is 1.83 bits per heavy atom. The average Bonchev–Trinajstić information content (AvgIpc) is 3.09. The number of benzene rings is 1. The molecule has 2 fully saturated rings. The smallest absolute Gasteiger partial charge is 0.260 e. The Labute approximate surface area is 178 Å². The van der Waals surface area contributed by atoms with E-state index >= 15 is 0 Å². The van der Waals surface area contributed by atoms with Gasteiger partial charge in [-0.2, -0.15) is 0 Å². The third-order valence-electron chi connectivity index (χ3n) is 5.79. The quantitative estimate of drug-likeness (QED) is 0.643. The van der Waals surface area contributed by atoms with E-state index in [1.807, 2.05) is 4.90 Å². The van der Waals surface area contributed by atoms with Crippen LogP contribution < -0.4 is 15.4 Å². The molecule has 3 N–H and O–H groups in total. The van der Waals surface area contributed by atoms with Crippen molar-refractivity contribution in [2.24, 2.45) is 5.92 Å². The van der Waals surface area contributed by atoms with Gasteiger partial charge < -0.3 is 25.4 Å². The van der Waals surface area contributed by atoms with Crippen LogP contribution in [0.25, 0.3) is 0 Å². The zero-order valence-electron chi connectivity index (χ0n) is 17.1. The molecule has 2 aliphatic heterocycles. The number of aliphatic hydroxyl groups excluding tert-OH is 1. The SMILES string of the molecule is CC1CCCC(C)N1C(=O)COc1ccc(C(=O)NCC2CNCC2O)cc1.Cl. The van der Waals surface area contributed by atoms with Gasteiger partial charge in [-0.15, -0.1) is 12.4 Å². The highest BCUT2D eigenvalue weighted by molar-refractivity contribution is 5.94. The van der Waals surface area contributed by atoms with Crippen molar-refractivity contribution >= 4 is 24.2 Å². The first-order valence-electron chi connectivity index (χ1n) is 10.2. The molecule has 0 bridgehead atoms. The number of hydrogen-bond acceptors (Lipinski definition) is 5. The first-order chi connectivity index (χ1) is 13.5. The fraction of sp³-hybridized carbons (Fsp3) is 0.619. The highest BCUT2D eigenvalue weighted by atomic mass is 35.5. The summed E-state index contributed by atoms with van der Waals surface area (Å²) in [5, 5.41) is 15.7. The Kier molecular flexibility index (Phi) is 8.74. The zero-order chi connectivity index (χ0) is 20.1. The number of halogens is 1. The maximum absolute atomic E-state index is 12.5. The zero-order valence-corrected chi connectivity index (χ0v) is 17.9. The third-order valence-corrected chi connectivity index (χ3v) is 5.79. The predicted octanol–water partition coefficient (Wildman–Crippen LogP) is 1.59. The highest BCUT2D eigenvalue weighted by Crippen LogP contribution is 2.23. The number of nitrogens with one attached hydrogen (secondary N) is 2. The van der Waals surface area contributed by atoms with Crippen molar-refractivity contribution in [3.05, 3.63) is 29.8 Å². The molecule has 1 aromatic carbocycles. The highest BCUT2D eigenvalue weighted by Gasteiger charge is 2.29. The Morgan fingerprint density at radius 3 is 2.41 bits per heavy atom. The van der Waals surface area contributed by atoms with Gasteiger partial charge in [-0.05, 0) is 57.4 Å². The number of piperidine rings is 1. The summed E-state index contributed by atoms with van der Waals surface area (Å²) in [6.07, 6.45) is 2.81. The number of amides is 2. The van der Waals surface area contributed by atoms with E-state index in [-0.39, 0.29) is 48.8 Å². The maximum atomic E-state index is 12.5. The van der Waals surface area contributed by atoms with Gasteiger partial charge in [0.25, 0.3) is 11.8 Å². The maximum Gasteiger partial charge on any atom is 0.260 e. The second kappa shape index (κ2) is 10.8. The molecule has 2 saturated heterocycles. The Balaban J connectivity index is 0.00000300. The van der Waals surface area contributed by atoms with E-state index in [0.717, 1.165) is 19.3 Å². The number of β-amino-alcohol motifs (C(OH)–C–C–N with tert-alkyl or cyclic N) is 1. The molecule has 7 nitrogen and oxygen atoms in total. The number of aliphatic hydroxyl groups is 1. The largest absolute Gasteiger partial charge is 0.484 e. The summed E-state index contributed by atoms with van der Waals surface area (Å²) < 4.78 is 5.64. The van der Waals surface area contributed by atoms with Crippen molar-refractivity contribution < 1.29 is 19.4 Å². The summed E-state index contributed by atoms with van der Waals surface area (Å²) >= 11 is 0. The van der Waals surface area contributed by atoms with Crippen molar-refractivity contribution in [2.75, 3.05) is 26.2 Å². The second-order valence-corrected chi connectivity index (χ2v) is 7.94. The van der Waals surface area contributed by atoms with Gasteiger partial charge in [-0.25, -0.2) is 0 Å². The van der Waals surface area contributed by atoms with Crippen LogP contribution in [0.5, 0.6) is 5.75 Å². The molecule has 4 atom stereocenters. The molecule has 162 valence electrons. The van der Waals surface area contributed by atoms with E-state index in [0.29, 0.717) is 30.9 Å². The van der Waals surface area contributed by atoms with Crippen LogP contribution in [0.1, 0.15) is 43.5 Å². The summed E-state index contributed by atoms with van der Waals surface area (Å²) in [7, 11) is 0. The van der Waals surface area contributed by atoms with Crippen molar-refractivity contribution in [3.8, 4) is 5.75 Å². The standard InChI is InChI=1S/C21H31N3O4.ClH/c1-14-4-3-5-15(2)24(14)20(26)13-28-18-8-6-16(7-9-18)21(27)23-11-17-10-22-12-19(17)25;/h6-9,14-15,17,19,22,25H,3-5,10-13H2,1-2H3,(H,23,27);1H. The first-order valence-corrected chi connectivity index (χ1v) is 10.2. The van der Waals surface area contributed by atoms with Crippen LogP contribution in [-0.2, 0) is 4.79 Å². The molecular weight excluding hydrogens is 394 g/mol. The van der Waals surface area contributed by atoms with Gasteiger partial charge in [0.2, 0.25) is 0 Å². The number of carbonyl (C=O) groups excluding carboxylic acids is 2. The van der Waals surface area contributed by atoms with Gasteiger partial charge in [0.15, 0.2) is 6.61 Å². The number of ether oxygens (including phenoxy) is 1. The van der Waals surface area contributed by atoms with E-state index in [2.05, 4.69) is 24.5 Å². The molecule has 1 aromatic rings. The summed E-state index contributed by atoms with van der Waals surface area (Å²) in [5.74, 6) is 0.428. The Morgan fingerprint density at radius 1 is 1.17 bits per heavy atom. The normalized spacial score (nSPS) is 26.5. The molecule has 2 aliphatic rings. The molecule has 0 aliphatic carbocycles. The molecule has 0 aromatic heterocycles. The van der Waals surface area contributed by atoms with Crippen LogP contribution in [0, 0.1) is 5.92 Å². The first kappa shape index (κ1) is 23.4. The number of carbonyl (C=O) groups is 2. The molecule has 0 saturated carbocycles. The van der Waals surface area contributed by atoms with Gasteiger partial charge in [0.1, 0.15) is 5.75 Å². The van der Waals surface area contributed by atoms with Crippen molar-refractivity contribution in [1.29, 1.82) is 0 Å². The lowest BCUT2D eigenvalue weighted by molar-refractivity contribution is -0.139. The molecule has 29 heavy (non-hydrogen) atoms. The van der Waals surface area contributed by atoms with Crippen molar-refractivity contribution in [1.82, 2.24) is 15.5 Å². The van der Waals surface area contributed by atoms with E-state index in [9.17, 15) is 14.7 Å². The topological polar surface area (TPSA) is 90.9 Å². The van der Waals surface area contributed by atoms with Crippen LogP contribution in [0.15, 0.2) is 24.3 Å². The number of rotatable bonds is 6. The van der Waals surface area contributed by atoms with Gasteiger partial charge >= 0.3 is 0 Å². The Hall–Kier alpha value is -1.83. The van der Waals surface area contributed by atoms with E-state index in [1.54, 1.807) is 24.3 Å². The molecule has 0 spiro atoms. The summed E-state index contributed by atoms with van der Waals surface area (Å²) in [4.78, 5) is 26.7. The summed E-state index contributed by atoms with van der Waals surface area (Å²) in [5.41, 5.74) is 0.525. The lowest BCUT2D eigenvalue weighted by Crippen LogP contribution is -2.49. The third kappa shape index (κ3) is 6.07. The van der Waals surface area contributed by atoms with Crippen molar-refractivity contribution in [2.45, 2.75) is 51.3 Å². The summed E-state index contributed by atoms with van der Waals surface area (Å²) in [6.45, 7) is 5.89. The fourth-order valence-corrected chi connectivity index (χ4v) is 4.09. The van der Waals surface area contributed by atoms with Crippen LogP contribution in [0.4, 0.5) is 0 Å². The number of hydrogen-bond donors (Lipinski definition) is 3. The number of nitrogens with zero attached hydrogens (tertiary/aromatic N) is 1. The van der Waals surface area contributed by atoms with Gasteiger partial charge in [-0.1, -0.05) is 0 Å². The fourth-order valence-electron chi connectivity index (χ4n) is 4.09. The second-order valence-electron chi connectivity index (χ2n) is 7.94. The minimum Gasteiger partial charge on any atom is -0.484 e. The Bertz CT molecular complexity index is 675. The van der Waals surface area contributed by atoms with Crippen LogP contribution in [0.3, 0.4) is 0 Å². The molecule has 2 heterocycles. The summed E-state index contributed by atoms with van der Waals surface area (Å²) in [6, 6.07) is 7.28. The average molecular weight is 426 g/mol. The predicted molar refractivity (Wildman–Crippen MR) is 114 cm³/mol. The molecular formula is C21H32ClN3O4.